The van der Waals surface area contributed by atoms with E-state index in [0.717, 1.165) is 0 Å². The molecule has 0 saturated carbocycles. The van der Waals surface area contributed by atoms with Gasteiger partial charge in [0.1, 0.15) is 30.3 Å². The number of ketones is 1. The fourth-order valence-corrected chi connectivity index (χ4v) is 4.96. The van der Waals surface area contributed by atoms with E-state index >= 15 is 0 Å². The molecule has 0 aliphatic carbocycles. The lowest BCUT2D eigenvalue weighted by atomic mass is 9.99. The summed E-state index contributed by atoms with van der Waals surface area (Å²) in [5.41, 5.74) is 7.41. The van der Waals surface area contributed by atoms with E-state index in [0.29, 0.717) is 16.7 Å². The van der Waals surface area contributed by atoms with Gasteiger partial charge in [0.15, 0.2) is 25.6 Å². The van der Waals surface area contributed by atoms with Crippen molar-refractivity contribution in [3.8, 4) is 0 Å². The minimum absolute atomic E-state index is 0.125. The molecule has 0 radical (unpaired) electrons. The predicted octanol–water partition coefficient (Wildman–Crippen LogP) is 3.33. The number of carbonyl (C=O) groups is 1. The van der Waals surface area contributed by atoms with Crippen molar-refractivity contribution in [3.05, 3.63) is 48.5 Å². The lowest BCUT2D eigenvalue weighted by Gasteiger charge is -2.40. The van der Waals surface area contributed by atoms with Crippen LogP contribution in [0.1, 0.15) is 43.8 Å². The van der Waals surface area contributed by atoms with Crippen LogP contribution in [0.25, 0.3) is 11.2 Å². The van der Waals surface area contributed by atoms with Crippen LogP contribution in [-0.4, -0.2) is 57.0 Å². The molecule has 176 valence electrons. The van der Waals surface area contributed by atoms with Crippen LogP contribution in [0.5, 0.6) is 0 Å². The summed E-state index contributed by atoms with van der Waals surface area (Å²) >= 11 is 0. The standard InChI is InChI=1S/C23H31N5O4Si/c1-23(2,3)33(4,5)32-20(18(30)14-9-7-6-8-10-14)19-15(29)11-16(31-19)28-13-27-17-21(24)25-12-26-22(17)28/h6-10,12-13,15-16,19-20,29H,11H2,1-5H3,(H2,24,25,26)/t15-,16+,19-,20?/m0/s1. The van der Waals surface area contributed by atoms with E-state index in [1.807, 2.05) is 18.2 Å². The SMILES string of the molecule is CC(C)(C)[Si](C)(C)OC(C(=O)c1ccccc1)[C@H]1O[C@@H](n2cnc3c(N)ncnc32)C[C@@H]1O. The van der Waals surface area contributed by atoms with Gasteiger partial charge >= 0.3 is 0 Å². The summed E-state index contributed by atoms with van der Waals surface area (Å²) in [5, 5.41) is 10.9. The number of rotatable bonds is 6. The monoisotopic (exact) mass is 469 g/mol. The summed E-state index contributed by atoms with van der Waals surface area (Å²) in [4.78, 5) is 26.1. The Morgan fingerprint density at radius 3 is 2.61 bits per heavy atom. The van der Waals surface area contributed by atoms with Crippen LogP contribution in [0.15, 0.2) is 43.0 Å². The second-order valence-electron chi connectivity index (χ2n) is 9.97. The molecule has 1 unspecified atom stereocenters. The largest absolute Gasteiger partial charge is 0.404 e. The number of Topliss-reactive ketones (excluding diaryl/α,β-unsaturated/α-hetero) is 1. The molecular weight excluding hydrogens is 438 g/mol. The normalized spacial score (nSPS) is 22.5. The number of aliphatic hydroxyl groups is 1. The van der Waals surface area contributed by atoms with Crippen molar-refractivity contribution in [1.82, 2.24) is 19.5 Å². The maximum atomic E-state index is 13.6. The molecule has 4 rings (SSSR count). The van der Waals surface area contributed by atoms with Crippen LogP contribution < -0.4 is 5.73 Å². The van der Waals surface area contributed by atoms with Crippen molar-refractivity contribution in [1.29, 1.82) is 0 Å². The summed E-state index contributed by atoms with van der Waals surface area (Å²) in [6.45, 7) is 10.5. The highest BCUT2D eigenvalue weighted by molar-refractivity contribution is 6.74. The number of hydrogen-bond acceptors (Lipinski definition) is 8. The first-order valence-corrected chi connectivity index (χ1v) is 13.9. The number of nitrogen functional groups attached to an aromatic ring is 1. The van der Waals surface area contributed by atoms with Crippen molar-refractivity contribution in [3.63, 3.8) is 0 Å². The number of aliphatic hydroxyl groups excluding tert-OH is 1. The molecule has 3 heterocycles. The number of anilines is 1. The van der Waals surface area contributed by atoms with Crippen LogP contribution >= 0.6 is 0 Å². The predicted molar refractivity (Wildman–Crippen MR) is 127 cm³/mol. The fraction of sp³-hybridized carbons (Fsp3) is 0.478. The molecule has 33 heavy (non-hydrogen) atoms. The van der Waals surface area contributed by atoms with Gasteiger partial charge in [-0.1, -0.05) is 51.1 Å². The number of nitrogens with zero attached hydrogens (tertiary/aromatic N) is 4. The molecule has 1 aliphatic rings. The number of ether oxygens (including phenoxy) is 1. The van der Waals surface area contributed by atoms with Gasteiger partial charge in [0.2, 0.25) is 0 Å². The van der Waals surface area contributed by atoms with E-state index in [4.69, 9.17) is 14.9 Å². The molecule has 1 fully saturated rings. The van der Waals surface area contributed by atoms with Crippen LogP contribution in [0.4, 0.5) is 5.82 Å². The maximum absolute atomic E-state index is 13.6. The van der Waals surface area contributed by atoms with E-state index < -0.39 is 32.9 Å². The van der Waals surface area contributed by atoms with Crippen LogP contribution in [0.3, 0.4) is 0 Å². The first-order chi connectivity index (χ1) is 15.5. The highest BCUT2D eigenvalue weighted by Crippen LogP contribution is 2.41. The Morgan fingerprint density at radius 1 is 1.24 bits per heavy atom. The Hall–Kier alpha value is -2.66. The molecule has 0 bridgehead atoms. The minimum Gasteiger partial charge on any atom is -0.404 e. The second kappa shape index (κ2) is 8.60. The molecular formula is C23H31N5O4Si. The molecule has 1 aromatic carbocycles. The van der Waals surface area contributed by atoms with Crippen molar-refractivity contribution in [2.24, 2.45) is 0 Å². The smallest absolute Gasteiger partial charge is 0.193 e. The summed E-state index contributed by atoms with van der Waals surface area (Å²) in [5.74, 6) is 0.0689. The molecule has 3 N–H and O–H groups in total. The third-order valence-corrected chi connectivity index (χ3v) is 11.1. The molecule has 3 aromatic rings. The molecule has 10 heteroatoms. The summed E-state index contributed by atoms with van der Waals surface area (Å²) in [7, 11) is -2.37. The Balaban J connectivity index is 1.67. The lowest BCUT2D eigenvalue weighted by molar-refractivity contribution is -0.0655. The number of fused-ring (bicyclic) bond motifs is 1. The zero-order valence-corrected chi connectivity index (χ0v) is 20.6. The van der Waals surface area contributed by atoms with Gasteiger partial charge in [0.05, 0.1) is 12.4 Å². The molecule has 1 aliphatic heterocycles. The first-order valence-electron chi connectivity index (χ1n) is 11.0. The Bertz CT molecular complexity index is 1140. The quantitative estimate of drug-likeness (QED) is 0.416. The Kier molecular flexibility index (Phi) is 6.12. The number of benzene rings is 1. The number of hydrogen-bond donors (Lipinski definition) is 2. The summed E-state index contributed by atoms with van der Waals surface area (Å²) < 4.78 is 14.6. The number of imidazole rings is 1. The van der Waals surface area contributed by atoms with Gasteiger partial charge in [0.25, 0.3) is 0 Å². The number of nitrogens with two attached hydrogens (primary N) is 1. The average Bonchev–Trinajstić information content (AvgIpc) is 3.36. The molecule has 9 nitrogen and oxygen atoms in total. The van der Waals surface area contributed by atoms with E-state index in [-0.39, 0.29) is 23.1 Å². The van der Waals surface area contributed by atoms with Crippen molar-refractivity contribution < 1.29 is 19.1 Å². The topological polar surface area (TPSA) is 125 Å². The highest BCUT2D eigenvalue weighted by atomic mass is 28.4. The van der Waals surface area contributed by atoms with Crippen molar-refractivity contribution in [2.45, 2.75) is 69.9 Å². The van der Waals surface area contributed by atoms with Gasteiger partial charge in [-0.2, -0.15) is 0 Å². The number of aromatic nitrogens is 4. The average molecular weight is 470 g/mol. The number of carbonyl (C=O) groups excluding carboxylic acids is 1. The fourth-order valence-electron chi connectivity index (χ4n) is 3.73. The van der Waals surface area contributed by atoms with Gasteiger partial charge < -0.3 is 20.0 Å². The third kappa shape index (κ3) is 4.43. The minimum atomic E-state index is -2.37. The molecule has 0 spiro atoms. The van der Waals surface area contributed by atoms with Crippen molar-refractivity contribution >= 4 is 31.1 Å². The van der Waals surface area contributed by atoms with Crippen LogP contribution in [0, 0.1) is 0 Å². The lowest BCUT2D eigenvalue weighted by Crippen LogP contribution is -2.52. The van der Waals surface area contributed by atoms with E-state index in [2.05, 4.69) is 48.8 Å². The van der Waals surface area contributed by atoms with Crippen molar-refractivity contribution in [2.75, 3.05) is 5.73 Å². The second-order valence-corrected chi connectivity index (χ2v) is 14.7. The summed E-state index contributed by atoms with van der Waals surface area (Å²) in [6.07, 6.45) is -0.0673. The van der Waals surface area contributed by atoms with Gasteiger partial charge in [-0.25, -0.2) is 15.0 Å². The third-order valence-electron chi connectivity index (χ3n) is 6.68. The zero-order chi connectivity index (χ0) is 24.0. The maximum Gasteiger partial charge on any atom is 0.193 e. The first kappa shape index (κ1) is 23.5. The Labute approximate surface area is 194 Å². The van der Waals surface area contributed by atoms with Gasteiger partial charge in [-0.15, -0.1) is 0 Å². The van der Waals surface area contributed by atoms with E-state index in [9.17, 15) is 9.90 Å². The Morgan fingerprint density at radius 2 is 1.94 bits per heavy atom. The van der Waals surface area contributed by atoms with E-state index in [1.165, 1.54) is 6.33 Å². The van der Waals surface area contributed by atoms with Crippen LogP contribution in [0.2, 0.25) is 18.1 Å². The molecule has 2 aromatic heterocycles. The molecule has 4 atom stereocenters. The molecule has 1 saturated heterocycles. The van der Waals surface area contributed by atoms with Gasteiger partial charge in [-0.05, 0) is 18.1 Å². The van der Waals surface area contributed by atoms with Gasteiger partial charge in [0, 0.05) is 12.0 Å². The summed E-state index contributed by atoms with van der Waals surface area (Å²) in [6, 6.07) is 8.99. The molecule has 0 amide bonds. The zero-order valence-electron chi connectivity index (χ0n) is 19.6. The highest BCUT2D eigenvalue weighted by Gasteiger charge is 2.48. The van der Waals surface area contributed by atoms with Gasteiger partial charge in [-0.3, -0.25) is 9.36 Å². The van der Waals surface area contributed by atoms with E-state index in [1.54, 1.807) is 23.0 Å². The van der Waals surface area contributed by atoms with Crippen LogP contribution in [-0.2, 0) is 9.16 Å².